The van der Waals surface area contributed by atoms with Crippen molar-refractivity contribution in [3.63, 3.8) is 0 Å². The first-order valence-electron chi connectivity index (χ1n) is 14.3. The van der Waals surface area contributed by atoms with Crippen molar-refractivity contribution < 1.29 is 24.5 Å². The lowest BCUT2D eigenvalue weighted by molar-refractivity contribution is -0.216. The molecule has 0 amide bonds. The molecule has 5 rings (SSSR count). The highest BCUT2D eigenvalue weighted by molar-refractivity contribution is 5.85. The maximum absolute atomic E-state index is 13.4. The minimum atomic E-state index is -0.989. The van der Waals surface area contributed by atoms with Gasteiger partial charge in [0.2, 0.25) is 0 Å². The maximum Gasteiger partial charge on any atom is 0.312 e. The third kappa shape index (κ3) is 2.91. The number of allylic oxidation sites excluding steroid dienone is 1. The van der Waals surface area contributed by atoms with Gasteiger partial charge in [-0.3, -0.25) is 9.59 Å². The van der Waals surface area contributed by atoms with E-state index in [-0.39, 0.29) is 45.8 Å². The normalized spacial score (nSPS) is 53.8. The highest BCUT2D eigenvalue weighted by atomic mass is 16.5. The summed E-state index contributed by atoms with van der Waals surface area (Å²) in [6, 6.07) is 0. The molecule has 0 heterocycles. The summed E-state index contributed by atoms with van der Waals surface area (Å²) < 4.78 is 5.42. The molecule has 202 valence electrons. The van der Waals surface area contributed by atoms with Gasteiger partial charge in [-0.25, -0.2) is 0 Å². The molecular weight excluding hydrogens is 452 g/mol. The van der Waals surface area contributed by atoms with Gasteiger partial charge in [0.25, 0.3) is 0 Å². The lowest BCUT2D eigenvalue weighted by atomic mass is 9.33. The Kier molecular flexibility index (Phi) is 5.64. The number of esters is 1. The van der Waals surface area contributed by atoms with Crippen LogP contribution in [0.5, 0.6) is 0 Å². The zero-order valence-electron chi connectivity index (χ0n) is 23.7. The number of ketones is 1. The number of carbonyl (C=O) groups excluding carboxylic acids is 2. The van der Waals surface area contributed by atoms with E-state index < -0.39 is 22.5 Å². The van der Waals surface area contributed by atoms with E-state index in [1.54, 1.807) is 0 Å². The fourth-order valence-electron chi connectivity index (χ4n) is 11.0. The molecule has 5 aliphatic carbocycles. The lowest BCUT2D eigenvalue weighted by Gasteiger charge is -2.71. The van der Waals surface area contributed by atoms with Crippen LogP contribution in [0.15, 0.2) is 11.6 Å². The van der Waals surface area contributed by atoms with Crippen LogP contribution in [0.4, 0.5) is 0 Å². The summed E-state index contributed by atoms with van der Waals surface area (Å²) in [7, 11) is 1.49. The monoisotopic (exact) mass is 500 g/mol. The summed E-state index contributed by atoms with van der Waals surface area (Å²) in [5.41, 5.74) is -1.25. The summed E-state index contributed by atoms with van der Waals surface area (Å²) in [5, 5.41) is 22.9. The topological polar surface area (TPSA) is 83.8 Å². The molecule has 0 aromatic heterocycles. The van der Waals surface area contributed by atoms with Gasteiger partial charge in [0, 0.05) is 17.8 Å². The van der Waals surface area contributed by atoms with Crippen molar-refractivity contribution in [1.82, 2.24) is 0 Å². The van der Waals surface area contributed by atoms with Crippen LogP contribution in [0, 0.1) is 50.7 Å². The predicted octanol–water partition coefficient (Wildman–Crippen LogP) is 5.47. The quantitative estimate of drug-likeness (QED) is 0.368. The van der Waals surface area contributed by atoms with E-state index in [4.69, 9.17) is 4.74 Å². The van der Waals surface area contributed by atoms with Crippen LogP contribution in [0.3, 0.4) is 0 Å². The Labute approximate surface area is 217 Å². The number of methoxy groups -OCH3 is 1. The van der Waals surface area contributed by atoms with Gasteiger partial charge in [-0.15, -0.1) is 0 Å². The first kappa shape index (κ1) is 26.4. The number of Topliss-reactive ketones (excluding diaryl/α,β-unsaturated/α-hetero) is 1. The van der Waals surface area contributed by atoms with Crippen LogP contribution < -0.4 is 0 Å². The Morgan fingerprint density at radius 3 is 2.31 bits per heavy atom. The Morgan fingerprint density at radius 1 is 1.00 bits per heavy atom. The Morgan fingerprint density at radius 2 is 1.67 bits per heavy atom. The highest BCUT2D eigenvalue weighted by Gasteiger charge is 2.72. The van der Waals surface area contributed by atoms with E-state index in [2.05, 4.69) is 47.6 Å². The summed E-state index contributed by atoms with van der Waals surface area (Å²) in [6.07, 6.45) is 8.00. The molecule has 0 unspecified atom stereocenters. The fourth-order valence-corrected chi connectivity index (χ4v) is 11.0. The molecule has 5 nitrogen and oxygen atoms in total. The molecule has 10 atom stereocenters. The van der Waals surface area contributed by atoms with E-state index in [9.17, 15) is 19.8 Å². The van der Waals surface area contributed by atoms with Crippen molar-refractivity contribution in [3.8, 4) is 0 Å². The molecule has 0 aliphatic heterocycles. The summed E-state index contributed by atoms with van der Waals surface area (Å²) in [4.78, 5) is 26.5. The van der Waals surface area contributed by atoms with Crippen molar-refractivity contribution in [1.29, 1.82) is 0 Å². The van der Waals surface area contributed by atoms with Crippen LogP contribution in [0.2, 0.25) is 0 Å². The molecule has 5 aliphatic rings. The van der Waals surface area contributed by atoms with E-state index in [1.807, 2.05) is 6.92 Å². The standard InChI is InChI=1S/C31H48O5/c1-18-11-14-31(25(34)36-8)16-15-28(5)19(23(31)30(18,7)35)9-10-22-27(4)17-20(32)24(33)26(2,3)21(27)12-13-29(22,28)6/h9,18,21-24,33,35H,10-17H2,1-8H3/t18-,21+,22-,23-,24+,27+,28-,29-,30-,31+/m1/s1. The molecule has 0 aromatic carbocycles. The molecule has 0 bridgehead atoms. The van der Waals surface area contributed by atoms with Crippen molar-refractivity contribution >= 4 is 11.8 Å². The van der Waals surface area contributed by atoms with E-state index in [0.717, 1.165) is 44.9 Å². The van der Waals surface area contributed by atoms with Gasteiger partial charge < -0.3 is 14.9 Å². The second-order valence-electron chi connectivity index (χ2n) is 14.9. The minimum Gasteiger partial charge on any atom is -0.469 e. The number of rotatable bonds is 1. The molecule has 5 heteroatoms. The Bertz CT molecular complexity index is 1010. The van der Waals surface area contributed by atoms with E-state index in [0.29, 0.717) is 12.3 Å². The molecule has 36 heavy (non-hydrogen) atoms. The van der Waals surface area contributed by atoms with Crippen molar-refractivity contribution in [2.45, 2.75) is 112 Å². The number of hydrogen-bond acceptors (Lipinski definition) is 5. The van der Waals surface area contributed by atoms with Crippen LogP contribution in [0.25, 0.3) is 0 Å². The minimum absolute atomic E-state index is 0.0136. The molecule has 0 spiro atoms. The summed E-state index contributed by atoms with van der Waals surface area (Å²) >= 11 is 0. The SMILES string of the molecule is COC(=O)[C@]12CC[C@@H](C)[C@@](C)(O)[C@H]1C1=CC[C@@H]3[C@@]4(C)CC(=O)[C@H](O)C(C)(C)[C@@H]4CC[C@@]3(C)[C@]1(C)CC2. The van der Waals surface area contributed by atoms with Gasteiger partial charge in [0.05, 0.1) is 18.1 Å². The highest BCUT2D eigenvalue weighted by Crippen LogP contribution is 2.75. The maximum atomic E-state index is 13.4. The zero-order valence-corrected chi connectivity index (χ0v) is 23.7. The van der Waals surface area contributed by atoms with Crippen LogP contribution >= 0.6 is 0 Å². The molecule has 4 fully saturated rings. The van der Waals surface area contributed by atoms with Gasteiger partial charge >= 0.3 is 5.97 Å². The van der Waals surface area contributed by atoms with Gasteiger partial charge in [-0.05, 0) is 85.9 Å². The number of aliphatic hydroxyl groups is 2. The van der Waals surface area contributed by atoms with Gasteiger partial charge in [-0.1, -0.05) is 53.2 Å². The molecule has 2 N–H and O–H groups in total. The largest absolute Gasteiger partial charge is 0.469 e. The Balaban J connectivity index is 1.65. The van der Waals surface area contributed by atoms with Crippen LogP contribution in [-0.2, 0) is 14.3 Å². The Hall–Kier alpha value is -1.20. The number of fused-ring (bicyclic) bond motifs is 7. The molecular formula is C31H48O5. The predicted molar refractivity (Wildman–Crippen MR) is 139 cm³/mol. The third-order valence-electron chi connectivity index (χ3n) is 13.4. The van der Waals surface area contributed by atoms with E-state index in [1.165, 1.54) is 12.7 Å². The van der Waals surface area contributed by atoms with Crippen molar-refractivity contribution in [3.05, 3.63) is 11.6 Å². The first-order valence-corrected chi connectivity index (χ1v) is 14.3. The first-order chi connectivity index (χ1) is 16.5. The number of hydrogen-bond donors (Lipinski definition) is 2. The van der Waals surface area contributed by atoms with Gasteiger partial charge in [-0.2, -0.15) is 0 Å². The molecule has 0 aromatic rings. The summed E-state index contributed by atoms with van der Waals surface area (Å²) in [6.45, 7) is 15.4. The second kappa shape index (κ2) is 7.68. The fraction of sp³-hybridized carbons (Fsp3) is 0.871. The number of ether oxygens (including phenoxy) is 1. The zero-order chi connectivity index (χ0) is 26.7. The second-order valence-corrected chi connectivity index (χ2v) is 14.9. The van der Waals surface area contributed by atoms with Gasteiger partial charge in [0.1, 0.15) is 6.10 Å². The summed E-state index contributed by atoms with van der Waals surface area (Å²) in [5.74, 6) is 0.254. The lowest BCUT2D eigenvalue weighted by Crippen LogP contribution is -2.68. The molecule has 0 saturated heterocycles. The smallest absolute Gasteiger partial charge is 0.312 e. The number of aliphatic hydroxyl groups excluding tert-OH is 1. The third-order valence-corrected chi connectivity index (χ3v) is 13.4. The van der Waals surface area contributed by atoms with E-state index >= 15 is 0 Å². The van der Waals surface area contributed by atoms with Gasteiger partial charge in [0.15, 0.2) is 5.78 Å². The van der Waals surface area contributed by atoms with Crippen LogP contribution in [-0.4, -0.2) is 40.8 Å². The van der Waals surface area contributed by atoms with Crippen molar-refractivity contribution in [2.75, 3.05) is 7.11 Å². The molecule has 4 saturated carbocycles. The average Bonchev–Trinajstić information content (AvgIpc) is 2.80. The van der Waals surface area contributed by atoms with Crippen LogP contribution in [0.1, 0.15) is 99.8 Å². The van der Waals surface area contributed by atoms with Crippen molar-refractivity contribution in [2.24, 2.45) is 50.7 Å². The number of carbonyl (C=O) groups is 2. The molecule has 0 radical (unpaired) electrons. The average molecular weight is 501 g/mol.